The van der Waals surface area contributed by atoms with Gasteiger partial charge in [-0.25, -0.2) is 0 Å². The molecule has 1 aliphatic rings. The highest BCUT2D eigenvalue weighted by Crippen LogP contribution is 2.25. The molecule has 100 valence electrons. The van der Waals surface area contributed by atoms with Gasteiger partial charge in [0.2, 0.25) is 0 Å². The molecular weight excluding hydrogens is 222 g/mol. The Kier molecular flexibility index (Phi) is 4.12. The van der Waals surface area contributed by atoms with Crippen molar-refractivity contribution < 1.29 is 0 Å². The van der Waals surface area contributed by atoms with Gasteiger partial charge in [0.25, 0.3) is 0 Å². The van der Waals surface area contributed by atoms with Gasteiger partial charge in [0.05, 0.1) is 11.4 Å². The number of nitrogens with two attached hydrogens (primary N) is 1. The van der Waals surface area contributed by atoms with E-state index in [1.54, 1.807) is 0 Å². The van der Waals surface area contributed by atoms with Gasteiger partial charge in [-0.3, -0.25) is 4.90 Å². The third-order valence-corrected chi connectivity index (χ3v) is 3.52. The second kappa shape index (κ2) is 5.61. The maximum absolute atomic E-state index is 6.11. The van der Waals surface area contributed by atoms with Gasteiger partial charge in [-0.05, 0) is 30.5 Å². The van der Waals surface area contributed by atoms with E-state index in [1.165, 1.54) is 17.8 Å². The summed E-state index contributed by atoms with van der Waals surface area (Å²) >= 11 is 0. The first-order chi connectivity index (χ1) is 8.56. The van der Waals surface area contributed by atoms with E-state index in [1.807, 2.05) is 0 Å². The molecule has 1 fully saturated rings. The van der Waals surface area contributed by atoms with Gasteiger partial charge >= 0.3 is 0 Å². The zero-order valence-corrected chi connectivity index (χ0v) is 11.8. The Morgan fingerprint density at radius 1 is 1.17 bits per heavy atom. The molecule has 1 aromatic rings. The molecule has 1 aromatic carbocycles. The summed E-state index contributed by atoms with van der Waals surface area (Å²) in [5, 5.41) is 0. The van der Waals surface area contributed by atoms with Gasteiger partial charge in [-0.15, -0.1) is 0 Å². The number of benzene rings is 1. The maximum Gasteiger partial charge on any atom is 0.0601 e. The van der Waals surface area contributed by atoms with Crippen LogP contribution in [0.3, 0.4) is 0 Å². The van der Waals surface area contributed by atoms with E-state index >= 15 is 0 Å². The second-order valence-electron chi connectivity index (χ2n) is 5.74. The van der Waals surface area contributed by atoms with Gasteiger partial charge in [0.15, 0.2) is 0 Å². The number of rotatable bonds is 3. The van der Waals surface area contributed by atoms with Gasteiger partial charge in [-0.2, -0.15) is 0 Å². The molecule has 0 amide bonds. The van der Waals surface area contributed by atoms with E-state index in [9.17, 15) is 0 Å². The van der Waals surface area contributed by atoms with Crippen LogP contribution in [0.2, 0.25) is 0 Å². The molecule has 0 aromatic heterocycles. The van der Waals surface area contributed by atoms with Crippen molar-refractivity contribution in [1.82, 2.24) is 4.90 Å². The van der Waals surface area contributed by atoms with Crippen LogP contribution in [0.1, 0.15) is 19.4 Å². The highest BCUT2D eigenvalue weighted by atomic mass is 15.3. The number of nitrogens with zero attached hydrogens (tertiary/aromatic N) is 2. The predicted molar refractivity (Wildman–Crippen MR) is 79.1 cm³/mol. The Hall–Kier alpha value is -1.22. The molecule has 0 bridgehead atoms. The fraction of sp³-hybridized carbons (Fsp3) is 0.600. The third kappa shape index (κ3) is 3.16. The molecule has 3 nitrogen and oxygen atoms in total. The molecule has 0 spiro atoms. The van der Waals surface area contributed by atoms with Crippen molar-refractivity contribution in [3.8, 4) is 0 Å². The van der Waals surface area contributed by atoms with Gasteiger partial charge in [-0.1, -0.05) is 19.9 Å². The monoisotopic (exact) mass is 247 g/mol. The van der Waals surface area contributed by atoms with Crippen LogP contribution in [-0.2, 0) is 0 Å². The van der Waals surface area contributed by atoms with Gasteiger partial charge in [0, 0.05) is 32.7 Å². The van der Waals surface area contributed by atoms with Crippen LogP contribution < -0.4 is 10.6 Å². The van der Waals surface area contributed by atoms with Gasteiger partial charge in [0.1, 0.15) is 0 Å². The maximum atomic E-state index is 6.11. The highest BCUT2D eigenvalue weighted by Gasteiger charge is 2.18. The lowest BCUT2D eigenvalue weighted by molar-refractivity contribution is 0.231. The molecule has 0 aliphatic carbocycles. The summed E-state index contributed by atoms with van der Waals surface area (Å²) in [6, 6.07) is 6.37. The Morgan fingerprint density at radius 3 is 2.39 bits per heavy atom. The lowest BCUT2D eigenvalue weighted by Gasteiger charge is -2.37. The summed E-state index contributed by atoms with van der Waals surface area (Å²) in [5.74, 6) is 0.751. The van der Waals surface area contributed by atoms with Crippen LogP contribution in [0.5, 0.6) is 0 Å². The summed E-state index contributed by atoms with van der Waals surface area (Å²) in [7, 11) is 0. The average Bonchev–Trinajstić information content (AvgIpc) is 2.30. The molecule has 3 heteroatoms. The zero-order valence-electron chi connectivity index (χ0n) is 11.8. The predicted octanol–water partition coefficient (Wildman–Crippen LogP) is 2.36. The van der Waals surface area contributed by atoms with Crippen LogP contribution in [-0.4, -0.2) is 37.6 Å². The van der Waals surface area contributed by atoms with Crippen molar-refractivity contribution in [2.24, 2.45) is 5.92 Å². The fourth-order valence-corrected chi connectivity index (χ4v) is 2.65. The number of hydrogen-bond acceptors (Lipinski definition) is 3. The molecule has 1 heterocycles. The molecule has 0 saturated carbocycles. The summed E-state index contributed by atoms with van der Waals surface area (Å²) in [5.41, 5.74) is 9.45. The fourth-order valence-electron chi connectivity index (χ4n) is 2.65. The molecule has 0 radical (unpaired) electrons. The number of aryl methyl sites for hydroxylation is 1. The van der Waals surface area contributed by atoms with Crippen LogP contribution in [0.25, 0.3) is 0 Å². The SMILES string of the molecule is Cc1ccc(N2CCN(CC(C)C)CC2)c(N)c1. The van der Waals surface area contributed by atoms with E-state index < -0.39 is 0 Å². The third-order valence-electron chi connectivity index (χ3n) is 3.52. The van der Waals surface area contributed by atoms with E-state index in [4.69, 9.17) is 5.73 Å². The van der Waals surface area contributed by atoms with Crippen LogP contribution in [0.15, 0.2) is 18.2 Å². The largest absolute Gasteiger partial charge is 0.397 e. The minimum atomic E-state index is 0.751. The minimum absolute atomic E-state index is 0.751. The van der Waals surface area contributed by atoms with Crippen LogP contribution >= 0.6 is 0 Å². The molecule has 1 saturated heterocycles. The first-order valence-corrected chi connectivity index (χ1v) is 6.89. The Labute approximate surface area is 111 Å². The first-order valence-electron chi connectivity index (χ1n) is 6.89. The Morgan fingerprint density at radius 2 is 1.83 bits per heavy atom. The topological polar surface area (TPSA) is 32.5 Å². The normalized spacial score (nSPS) is 17.4. The summed E-state index contributed by atoms with van der Waals surface area (Å²) in [4.78, 5) is 4.96. The zero-order chi connectivity index (χ0) is 13.1. The molecule has 2 N–H and O–H groups in total. The number of anilines is 2. The van der Waals surface area contributed by atoms with E-state index in [0.29, 0.717) is 0 Å². The van der Waals surface area contributed by atoms with E-state index in [0.717, 1.165) is 37.8 Å². The first kappa shape index (κ1) is 13.2. The molecule has 1 aliphatic heterocycles. The average molecular weight is 247 g/mol. The molecule has 0 unspecified atom stereocenters. The second-order valence-corrected chi connectivity index (χ2v) is 5.74. The smallest absolute Gasteiger partial charge is 0.0601 e. The molecule has 18 heavy (non-hydrogen) atoms. The summed E-state index contributed by atoms with van der Waals surface area (Å²) in [6.45, 7) is 12.3. The van der Waals surface area contributed by atoms with Gasteiger partial charge < -0.3 is 10.6 Å². The molecule has 0 atom stereocenters. The Balaban J connectivity index is 1.97. The van der Waals surface area contributed by atoms with Crippen molar-refractivity contribution in [1.29, 1.82) is 0 Å². The van der Waals surface area contributed by atoms with E-state index in [2.05, 4.69) is 48.8 Å². The van der Waals surface area contributed by atoms with Crippen molar-refractivity contribution in [2.75, 3.05) is 43.4 Å². The Bertz CT molecular complexity index is 393. The highest BCUT2D eigenvalue weighted by molar-refractivity contribution is 5.68. The quantitative estimate of drug-likeness (QED) is 0.832. The molecule has 2 rings (SSSR count). The van der Waals surface area contributed by atoms with Crippen molar-refractivity contribution >= 4 is 11.4 Å². The summed E-state index contributed by atoms with van der Waals surface area (Å²) in [6.07, 6.45) is 0. The van der Waals surface area contributed by atoms with Crippen LogP contribution in [0.4, 0.5) is 11.4 Å². The standard InChI is InChI=1S/C15H25N3/c1-12(2)11-17-6-8-18(9-7-17)15-5-4-13(3)10-14(15)16/h4-5,10,12H,6-9,11,16H2,1-3H3. The van der Waals surface area contributed by atoms with Crippen molar-refractivity contribution in [3.63, 3.8) is 0 Å². The summed E-state index contributed by atoms with van der Waals surface area (Å²) < 4.78 is 0. The number of nitrogen functional groups attached to an aromatic ring is 1. The van der Waals surface area contributed by atoms with Crippen molar-refractivity contribution in [2.45, 2.75) is 20.8 Å². The lowest BCUT2D eigenvalue weighted by Crippen LogP contribution is -2.47. The number of hydrogen-bond donors (Lipinski definition) is 1. The number of piperazine rings is 1. The minimum Gasteiger partial charge on any atom is -0.397 e. The van der Waals surface area contributed by atoms with Crippen molar-refractivity contribution in [3.05, 3.63) is 23.8 Å². The van der Waals surface area contributed by atoms with E-state index in [-0.39, 0.29) is 0 Å². The molecular formula is C15H25N3. The lowest BCUT2D eigenvalue weighted by atomic mass is 10.1. The van der Waals surface area contributed by atoms with Crippen LogP contribution in [0, 0.1) is 12.8 Å².